The van der Waals surface area contributed by atoms with Crippen LogP contribution in [0.5, 0.6) is 0 Å². The molecule has 1 unspecified atom stereocenters. The zero-order chi connectivity index (χ0) is 20.2. The minimum Gasteiger partial charge on any atom is -0.449 e. The molecule has 144 valence electrons. The zero-order valence-electron chi connectivity index (χ0n) is 15.5. The molecule has 3 aromatic heterocycles. The van der Waals surface area contributed by atoms with E-state index in [2.05, 4.69) is 25.3 Å². The predicted octanol–water partition coefficient (Wildman–Crippen LogP) is 3.20. The summed E-state index contributed by atoms with van der Waals surface area (Å²) in [5.74, 6) is -0.364. The van der Waals surface area contributed by atoms with Crippen LogP contribution < -0.4 is 5.32 Å². The summed E-state index contributed by atoms with van der Waals surface area (Å²) < 4.78 is 5.30. The second kappa shape index (κ2) is 7.89. The van der Waals surface area contributed by atoms with Gasteiger partial charge in [0.2, 0.25) is 0 Å². The van der Waals surface area contributed by atoms with Crippen LogP contribution in [0.15, 0.2) is 67.3 Å². The largest absolute Gasteiger partial charge is 0.449 e. The molecule has 0 aliphatic rings. The number of nitrogens with zero attached hydrogens (tertiary/aromatic N) is 3. The number of pyridine rings is 2. The molecule has 8 nitrogen and oxygen atoms in total. The molecule has 0 fully saturated rings. The lowest BCUT2D eigenvalue weighted by Crippen LogP contribution is -2.30. The van der Waals surface area contributed by atoms with Gasteiger partial charge in [0.1, 0.15) is 5.82 Å². The summed E-state index contributed by atoms with van der Waals surface area (Å²) in [7, 11) is 0. The van der Waals surface area contributed by atoms with Gasteiger partial charge in [0.25, 0.3) is 5.91 Å². The maximum Gasteiger partial charge on any atom is 0.338 e. The molecule has 0 bridgehead atoms. The molecule has 0 aliphatic heterocycles. The molecule has 1 aromatic carbocycles. The smallest absolute Gasteiger partial charge is 0.338 e. The van der Waals surface area contributed by atoms with Gasteiger partial charge < -0.3 is 15.0 Å². The molecule has 2 N–H and O–H groups in total. The molecular weight excluding hydrogens is 370 g/mol. The number of fused-ring (bicyclic) bond motifs is 1. The molecule has 8 heteroatoms. The average Bonchev–Trinajstić information content (AvgIpc) is 3.18. The van der Waals surface area contributed by atoms with Gasteiger partial charge in [0, 0.05) is 36.0 Å². The molecular formula is C21H17N5O3. The Bertz CT molecular complexity index is 1160. The third-order valence-corrected chi connectivity index (χ3v) is 4.25. The fraction of sp³-hybridized carbons (Fsp3) is 0.0952. The summed E-state index contributed by atoms with van der Waals surface area (Å²) in [5, 5.41) is 2.67. The van der Waals surface area contributed by atoms with Gasteiger partial charge in [-0.2, -0.15) is 0 Å². The van der Waals surface area contributed by atoms with Crippen molar-refractivity contribution >= 4 is 28.6 Å². The number of amides is 1. The highest BCUT2D eigenvalue weighted by Gasteiger charge is 2.19. The van der Waals surface area contributed by atoms with E-state index < -0.39 is 18.0 Å². The van der Waals surface area contributed by atoms with Crippen molar-refractivity contribution in [2.75, 3.05) is 5.32 Å². The number of aromatic amines is 1. The van der Waals surface area contributed by atoms with E-state index in [0.717, 1.165) is 5.56 Å². The van der Waals surface area contributed by atoms with Gasteiger partial charge >= 0.3 is 5.97 Å². The first-order valence-corrected chi connectivity index (χ1v) is 8.92. The number of hydrogen-bond donors (Lipinski definition) is 2. The molecule has 4 aromatic rings. The van der Waals surface area contributed by atoms with Crippen LogP contribution in [0.1, 0.15) is 17.3 Å². The van der Waals surface area contributed by atoms with Crippen LogP contribution in [-0.2, 0) is 9.53 Å². The van der Waals surface area contributed by atoms with Crippen LogP contribution in [0.3, 0.4) is 0 Å². The van der Waals surface area contributed by atoms with E-state index in [9.17, 15) is 9.59 Å². The number of anilines is 1. The standard InChI is InChI=1S/C21H17N5O3/c1-13(20(27)24-16-6-9-22-10-7-16)29-21(28)14-4-5-17-18(11-14)26-19(25-17)15-3-2-8-23-12-15/h2-13H,1H3,(H,25,26)(H,22,24,27). The Morgan fingerprint density at radius 3 is 2.66 bits per heavy atom. The van der Waals surface area contributed by atoms with Crippen LogP contribution in [-0.4, -0.2) is 37.9 Å². The van der Waals surface area contributed by atoms with Gasteiger partial charge in [-0.25, -0.2) is 9.78 Å². The van der Waals surface area contributed by atoms with E-state index in [1.54, 1.807) is 55.1 Å². The van der Waals surface area contributed by atoms with E-state index in [-0.39, 0.29) is 0 Å². The Balaban J connectivity index is 1.47. The van der Waals surface area contributed by atoms with Crippen LogP contribution in [0, 0.1) is 0 Å². The number of carbonyl (C=O) groups excluding carboxylic acids is 2. The fourth-order valence-corrected chi connectivity index (χ4v) is 2.74. The average molecular weight is 387 g/mol. The van der Waals surface area contributed by atoms with Crippen molar-refractivity contribution in [3.8, 4) is 11.4 Å². The fourth-order valence-electron chi connectivity index (χ4n) is 2.74. The molecule has 0 spiro atoms. The van der Waals surface area contributed by atoms with E-state index >= 15 is 0 Å². The molecule has 29 heavy (non-hydrogen) atoms. The molecule has 1 atom stereocenters. The number of esters is 1. The van der Waals surface area contributed by atoms with Crippen molar-refractivity contribution in [2.24, 2.45) is 0 Å². The first-order chi connectivity index (χ1) is 14.1. The minimum atomic E-state index is -0.959. The number of H-pyrrole nitrogens is 1. The minimum absolute atomic E-state index is 0.322. The van der Waals surface area contributed by atoms with E-state index in [0.29, 0.717) is 28.1 Å². The maximum absolute atomic E-state index is 12.5. The molecule has 1 amide bonds. The first kappa shape index (κ1) is 18.3. The van der Waals surface area contributed by atoms with Gasteiger partial charge in [-0.05, 0) is 49.4 Å². The Morgan fingerprint density at radius 2 is 1.90 bits per heavy atom. The summed E-state index contributed by atoms with van der Waals surface area (Å²) in [6, 6.07) is 12.0. The zero-order valence-corrected chi connectivity index (χ0v) is 15.5. The van der Waals surface area contributed by atoms with Crippen molar-refractivity contribution < 1.29 is 14.3 Å². The molecule has 0 aliphatic carbocycles. The van der Waals surface area contributed by atoms with E-state index in [4.69, 9.17) is 4.74 Å². The van der Waals surface area contributed by atoms with Gasteiger partial charge in [-0.1, -0.05) is 0 Å². The summed E-state index contributed by atoms with van der Waals surface area (Å²) >= 11 is 0. The lowest BCUT2D eigenvalue weighted by molar-refractivity contribution is -0.123. The Kier molecular flexibility index (Phi) is 4.98. The number of aromatic nitrogens is 4. The number of nitrogens with one attached hydrogen (secondary N) is 2. The number of ether oxygens (including phenoxy) is 1. The maximum atomic E-state index is 12.5. The second-order valence-electron chi connectivity index (χ2n) is 6.33. The highest BCUT2D eigenvalue weighted by molar-refractivity contribution is 5.98. The van der Waals surface area contributed by atoms with Crippen molar-refractivity contribution in [1.29, 1.82) is 0 Å². The lowest BCUT2D eigenvalue weighted by atomic mass is 10.2. The number of benzene rings is 1. The Hall–Kier alpha value is -4.07. The Labute approximate surface area is 166 Å². The van der Waals surface area contributed by atoms with Crippen LogP contribution in [0.25, 0.3) is 22.4 Å². The summed E-state index contributed by atoms with van der Waals surface area (Å²) in [4.78, 5) is 40.3. The number of rotatable bonds is 5. The molecule has 0 saturated heterocycles. The highest BCUT2D eigenvalue weighted by Crippen LogP contribution is 2.21. The number of imidazole rings is 1. The van der Waals surface area contributed by atoms with Crippen LogP contribution >= 0.6 is 0 Å². The summed E-state index contributed by atoms with van der Waals surface area (Å²) in [5.41, 5.74) is 3.14. The normalized spacial score (nSPS) is 11.8. The van der Waals surface area contributed by atoms with Crippen molar-refractivity contribution in [2.45, 2.75) is 13.0 Å². The third kappa shape index (κ3) is 4.11. The number of hydrogen-bond acceptors (Lipinski definition) is 6. The molecule has 0 radical (unpaired) electrons. The van der Waals surface area contributed by atoms with Gasteiger partial charge in [-0.15, -0.1) is 0 Å². The summed E-state index contributed by atoms with van der Waals surface area (Å²) in [6.07, 6.45) is 5.55. The van der Waals surface area contributed by atoms with Crippen molar-refractivity contribution in [3.63, 3.8) is 0 Å². The second-order valence-corrected chi connectivity index (χ2v) is 6.33. The van der Waals surface area contributed by atoms with Crippen LogP contribution in [0.4, 0.5) is 5.69 Å². The molecule has 4 rings (SSSR count). The lowest BCUT2D eigenvalue weighted by Gasteiger charge is -2.13. The van der Waals surface area contributed by atoms with Crippen molar-refractivity contribution in [3.05, 3.63) is 72.8 Å². The Morgan fingerprint density at radius 1 is 1.07 bits per heavy atom. The highest BCUT2D eigenvalue weighted by atomic mass is 16.5. The predicted molar refractivity (Wildman–Crippen MR) is 107 cm³/mol. The summed E-state index contributed by atoms with van der Waals surface area (Å²) in [6.45, 7) is 1.52. The van der Waals surface area contributed by atoms with Crippen molar-refractivity contribution in [1.82, 2.24) is 19.9 Å². The topological polar surface area (TPSA) is 110 Å². The SMILES string of the molecule is CC(OC(=O)c1ccc2nc(-c3cccnc3)[nH]c2c1)C(=O)Nc1ccncc1. The molecule has 0 saturated carbocycles. The number of carbonyl (C=O) groups is 2. The monoisotopic (exact) mass is 387 g/mol. The van der Waals surface area contributed by atoms with Gasteiger partial charge in [0.05, 0.1) is 16.6 Å². The molecule has 3 heterocycles. The van der Waals surface area contributed by atoms with E-state index in [1.807, 2.05) is 12.1 Å². The van der Waals surface area contributed by atoms with Gasteiger partial charge in [0.15, 0.2) is 6.10 Å². The quantitative estimate of drug-likeness (QED) is 0.509. The first-order valence-electron chi connectivity index (χ1n) is 8.92. The van der Waals surface area contributed by atoms with Gasteiger partial charge in [-0.3, -0.25) is 14.8 Å². The third-order valence-electron chi connectivity index (χ3n) is 4.25. The van der Waals surface area contributed by atoms with Crippen LogP contribution in [0.2, 0.25) is 0 Å². The van der Waals surface area contributed by atoms with E-state index in [1.165, 1.54) is 6.92 Å².